The maximum absolute atomic E-state index is 10.7. The monoisotopic (exact) mass is 247 g/mol. The number of carbonyl (C=O) groups is 1. The fraction of sp³-hybridized carbons (Fsp3) is 0.231. The average Bonchev–Trinajstić information content (AvgIpc) is 2.60. The molecule has 0 fully saturated rings. The second-order valence-electron chi connectivity index (χ2n) is 3.96. The van der Waals surface area contributed by atoms with Gasteiger partial charge in [-0.3, -0.25) is 4.79 Å². The van der Waals surface area contributed by atoms with E-state index in [-0.39, 0.29) is 6.42 Å². The van der Waals surface area contributed by atoms with Crippen molar-refractivity contribution >= 4 is 17.3 Å². The van der Waals surface area contributed by atoms with Crippen LogP contribution in [0.4, 0.5) is 0 Å². The Morgan fingerprint density at radius 3 is 2.53 bits per heavy atom. The summed E-state index contributed by atoms with van der Waals surface area (Å²) in [5.74, 6) is -0.839. The van der Waals surface area contributed by atoms with Crippen LogP contribution < -0.4 is 0 Å². The third-order valence-corrected chi connectivity index (χ3v) is 3.57. The Kier molecular flexibility index (Phi) is 3.24. The van der Waals surface area contributed by atoms with E-state index < -0.39 is 5.97 Å². The van der Waals surface area contributed by atoms with E-state index in [1.807, 2.05) is 38.1 Å². The van der Waals surface area contributed by atoms with Crippen LogP contribution in [-0.2, 0) is 11.2 Å². The van der Waals surface area contributed by atoms with Gasteiger partial charge in [0.1, 0.15) is 5.01 Å². The van der Waals surface area contributed by atoms with Crippen molar-refractivity contribution in [2.75, 3.05) is 0 Å². The number of carboxylic acid groups (broad SMARTS) is 1. The van der Waals surface area contributed by atoms with Crippen LogP contribution in [0.3, 0.4) is 0 Å². The van der Waals surface area contributed by atoms with Crippen LogP contribution >= 0.6 is 11.3 Å². The van der Waals surface area contributed by atoms with E-state index in [0.29, 0.717) is 5.69 Å². The molecule has 0 unspecified atom stereocenters. The van der Waals surface area contributed by atoms with Crippen LogP contribution in [0.25, 0.3) is 10.6 Å². The van der Waals surface area contributed by atoms with E-state index in [4.69, 9.17) is 5.11 Å². The van der Waals surface area contributed by atoms with Gasteiger partial charge in [0.15, 0.2) is 0 Å². The second kappa shape index (κ2) is 4.67. The largest absolute Gasteiger partial charge is 0.481 e. The number of hydrogen-bond acceptors (Lipinski definition) is 3. The van der Waals surface area contributed by atoms with Gasteiger partial charge in [-0.1, -0.05) is 29.8 Å². The molecule has 0 bridgehead atoms. The second-order valence-corrected chi connectivity index (χ2v) is 5.16. The lowest BCUT2D eigenvalue weighted by Gasteiger charge is -1.96. The number of benzene rings is 1. The maximum Gasteiger partial charge on any atom is 0.309 e. The molecule has 4 heteroatoms. The number of hydrogen-bond donors (Lipinski definition) is 1. The Morgan fingerprint density at radius 1 is 1.29 bits per heavy atom. The molecule has 1 N–H and O–H groups in total. The average molecular weight is 247 g/mol. The molecule has 3 nitrogen and oxygen atoms in total. The van der Waals surface area contributed by atoms with Gasteiger partial charge in [0.2, 0.25) is 0 Å². The number of aryl methyl sites for hydroxylation is 2. The highest BCUT2D eigenvalue weighted by atomic mass is 32.1. The summed E-state index contributed by atoms with van der Waals surface area (Å²) in [6.45, 7) is 3.94. The Hall–Kier alpha value is -1.68. The van der Waals surface area contributed by atoms with Crippen LogP contribution in [-0.4, -0.2) is 16.1 Å². The van der Waals surface area contributed by atoms with Gasteiger partial charge in [0.05, 0.1) is 12.1 Å². The minimum atomic E-state index is -0.839. The molecule has 0 amide bonds. The van der Waals surface area contributed by atoms with Crippen molar-refractivity contribution in [1.29, 1.82) is 0 Å². The fourth-order valence-corrected chi connectivity index (χ4v) is 2.49. The summed E-state index contributed by atoms with van der Waals surface area (Å²) in [5, 5.41) is 9.66. The molecule has 0 saturated carbocycles. The first-order valence-electron chi connectivity index (χ1n) is 5.31. The zero-order valence-corrected chi connectivity index (χ0v) is 10.5. The number of aromatic nitrogens is 1. The Bertz CT molecular complexity index is 543. The first kappa shape index (κ1) is 11.8. The van der Waals surface area contributed by atoms with Gasteiger partial charge in [-0.05, 0) is 13.8 Å². The maximum atomic E-state index is 10.7. The molecule has 2 aromatic rings. The number of nitrogens with zero attached hydrogens (tertiary/aromatic N) is 1. The standard InChI is InChI=1S/C13H13NO2S/c1-8-3-5-10(6-4-8)13-14-11(7-12(15)16)9(2)17-13/h3-6H,7H2,1-2H3,(H,15,16). The van der Waals surface area contributed by atoms with E-state index in [1.165, 1.54) is 5.56 Å². The quantitative estimate of drug-likeness (QED) is 0.906. The molecule has 0 aliphatic heterocycles. The molecule has 88 valence electrons. The normalized spacial score (nSPS) is 10.5. The molecular formula is C13H13NO2S. The number of carboxylic acids is 1. The van der Waals surface area contributed by atoms with E-state index >= 15 is 0 Å². The zero-order chi connectivity index (χ0) is 12.4. The molecule has 0 radical (unpaired) electrons. The number of aliphatic carboxylic acids is 1. The minimum Gasteiger partial charge on any atom is -0.481 e. The van der Waals surface area contributed by atoms with Gasteiger partial charge in [-0.25, -0.2) is 4.98 Å². The van der Waals surface area contributed by atoms with Crippen molar-refractivity contribution in [1.82, 2.24) is 4.98 Å². The van der Waals surface area contributed by atoms with Crippen LogP contribution in [0.15, 0.2) is 24.3 Å². The Morgan fingerprint density at radius 2 is 1.94 bits per heavy atom. The predicted molar refractivity (Wildman–Crippen MR) is 68.4 cm³/mol. The van der Waals surface area contributed by atoms with Gasteiger partial charge < -0.3 is 5.11 Å². The van der Waals surface area contributed by atoms with Crippen molar-refractivity contribution in [3.8, 4) is 10.6 Å². The summed E-state index contributed by atoms with van der Waals surface area (Å²) < 4.78 is 0. The van der Waals surface area contributed by atoms with Crippen LogP contribution in [0, 0.1) is 13.8 Å². The lowest BCUT2D eigenvalue weighted by molar-refractivity contribution is -0.136. The number of thiazole rings is 1. The van der Waals surface area contributed by atoms with Crippen molar-refractivity contribution in [2.24, 2.45) is 0 Å². The van der Waals surface area contributed by atoms with Crippen LogP contribution in [0.2, 0.25) is 0 Å². The smallest absolute Gasteiger partial charge is 0.309 e. The highest BCUT2D eigenvalue weighted by Crippen LogP contribution is 2.27. The van der Waals surface area contributed by atoms with Gasteiger partial charge >= 0.3 is 5.97 Å². The van der Waals surface area contributed by atoms with Crippen molar-refractivity contribution in [3.05, 3.63) is 40.4 Å². The van der Waals surface area contributed by atoms with Gasteiger partial charge in [0, 0.05) is 10.4 Å². The molecule has 0 aliphatic rings. The van der Waals surface area contributed by atoms with Crippen LogP contribution in [0.5, 0.6) is 0 Å². The van der Waals surface area contributed by atoms with E-state index in [9.17, 15) is 4.79 Å². The molecule has 1 heterocycles. The summed E-state index contributed by atoms with van der Waals surface area (Å²) in [6.07, 6.45) is -0.00576. The summed E-state index contributed by atoms with van der Waals surface area (Å²) >= 11 is 1.54. The van der Waals surface area contributed by atoms with E-state index in [0.717, 1.165) is 15.4 Å². The molecule has 0 atom stereocenters. The number of rotatable bonds is 3. The molecule has 0 saturated heterocycles. The first-order chi connectivity index (χ1) is 8.06. The topological polar surface area (TPSA) is 50.2 Å². The molecule has 0 aliphatic carbocycles. The highest BCUT2D eigenvalue weighted by molar-refractivity contribution is 7.15. The van der Waals surface area contributed by atoms with Crippen molar-refractivity contribution in [2.45, 2.75) is 20.3 Å². The zero-order valence-electron chi connectivity index (χ0n) is 9.73. The summed E-state index contributed by atoms with van der Waals surface area (Å²) in [4.78, 5) is 16.0. The SMILES string of the molecule is Cc1ccc(-c2nc(CC(=O)O)c(C)s2)cc1. The summed E-state index contributed by atoms with van der Waals surface area (Å²) in [6, 6.07) is 8.09. The first-order valence-corrected chi connectivity index (χ1v) is 6.13. The summed E-state index contributed by atoms with van der Waals surface area (Å²) in [7, 11) is 0. The minimum absolute atomic E-state index is 0.00576. The van der Waals surface area contributed by atoms with Crippen LogP contribution in [0.1, 0.15) is 16.1 Å². The molecule has 1 aromatic carbocycles. The van der Waals surface area contributed by atoms with Gasteiger partial charge in [-0.15, -0.1) is 11.3 Å². The third-order valence-electron chi connectivity index (χ3n) is 2.51. The third kappa shape index (κ3) is 2.71. The molecule has 0 spiro atoms. The lowest BCUT2D eigenvalue weighted by Crippen LogP contribution is -2.01. The molecule has 2 rings (SSSR count). The fourth-order valence-electron chi connectivity index (χ4n) is 1.55. The molecule has 1 aromatic heterocycles. The Labute approximate surface area is 104 Å². The van der Waals surface area contributed by atoms with E-state index in [1.54, 1.807) is 11.3 Å². The Balaban J connectivity index is 2.34. The predicted octanol–water partition coefficient (Wildman–Crippen LogP) is 3.05. The highest BCUT2D eigenvalue weighted by Gasteiger charge is 2.11. The summed E-state index contributed by atoms with van der Waals surface area (Å²) in [5.41, 5.74) is 2.91. The lowest BCUT2D eigenvalue weighted by atomic mass is 10.2. The van der Waals surface area contributed by atoms with Gasteiger partial charge in [-0.2, -0.15) is 0 Å². The van der Waals surface area contributed by atoms with Gasteiger partial charge in [0.25, 0.3) is 0 Å². The van der Waals surface area contributed by atoms with Crippen molar-refractivity contribution in [3.63, 3.8) is 0 Å². The molecular weight excluding hydrogens is 234 g/mol. The van der Waals surface area contributed by atoms with E-state index in [2.05, 4.69) is 4.98 Å². The molecule has 17 heavy (non-hydrogen) atoms. The van der Waals surface area contributed by atoms with Crippen molar-refractivity contribution < 1.29 is 9.90 Å².